The summed E-state index contributed by atoms with van der Waals surface area (Å²) in [7, 11) is -4.17. The fraction of sp³-hybridized carbons (Fsp3) is 0.212. The molecule has 10 heteroatoms. The summed E-state index contributed by atoms with van der Waals surface area (Å²) in [6, 6.07) is 28.8. The number of benzene rings is 4. The first-order valence-electron chi connectivity index (χ1n) is 13.8. The van der Waals surface area contributed by atoms with E-state index in [0.717, 1.165) is 15.4 Å². The quantitative estimate of drug-likeness (QED) is 0.188. The summed E-state index contributed by atoms with van der Waals surface area (Å²) in [4.78, 5) is 29.4. The lowest BCUT2D eigenvalue weighted by atomic mass is 10.0. The Balaban J connectivity index is 1.80. The van der Waals surface area contributed by atoms with Crippen molar-refractivity contribution < 1.29 is 18.0 Å². The van der Waals surface area contributed by atoms with Gasteiger partial charge in [0.25, 0.3) is 10.0 Å². The zero-order valence-corrected chi connectivity index (χ0v) is 27.1. The van der Waals surface area contributed by atoms with E-state index >= 15 is 0 Å². The lowest BCUT2D eigenvalue weighted by Gasteiger charge is -2.34. The maximum Gasteiger partial charge on any atom is 0.264 e. The second-order valence-electron chi connectivity index (χ2n) is 10.1. The van der Waals surface area contributed by atoms with Crippen LogP contribution in [0.4, 0.5) is 5.69 Å². The highest BCUT2D eigenvalue weighted by molar-refractivity contribution is 9.10. The summed E-state index contributed by atoms with van der Waals surface area (Å²) in [5, 5.41) is 3.34. The zero-order valence-electron chi connectivity index (χ0n) is 23.9. The molecular weight excluding hydrogens is 650 g/mol. The Kier molecular flexibility index (Phi) is 11.0. The van der Waals surface area contributed by atoms with Crippen molar-refractivity contribution in [1.29, 1.82) is 0 Å². The number of carbonyl (C=O) groups excluding carboxylic acids is 2. The molecule has 0 aliphatic carbocycles. The number of anilines is 1. The van der Waals surface area contributed by atoms with Crippen molar-refractivity contribution in [2.45, 2.75) is 37.8 Å². The van der Waals surface area contributed by atoms with Crippen LogP contribution in [0.3, 0.4) is 0 Å². The van der Waals surface area contributed by atoms with Gasteiger partial charge in [0.05, 0.1) is 10.6 Å². The van der Waals surface area contributed by atoms with Gasteiger partial charge in [-0.15, -0.1) is 0 Å². The van der Waals surface area contributed by atoms with Crippen LogP contribution in [0.25, 0.3) is 0 Å². The highest BCUT2D eigenvalue weighted by Gasteiger charge is 2.34. The minimum atomic E-state index is -4.17. The number of hydrogen-bond donors (Lipinski definition) is 1. The van der Waals surface area contributed by atoms with Crippen molar-refractivity contribution in [2.24, 2.45) is 0 Å². The van der Waals surface area contributed by atoms with Crippen molar-refractivity contribution in [3.05, 3.63) is 129 Å². The zero-order chi connectivity index (χ0) is 31.0. The van der Waals surface area contributed by atoms with Gasteiger partial charge in [-0.05, 0) is 67.4 Å². The van der Waals surface area contributed by atoms with Crippen LogP contribution in [0.15, 0.2) is 112 Å². The number of rotatable bonds is 12. The van der Waals surface area contributed by atoms with E-state index in [4.69, 9.17) is 11.6 Å². The molecule has 4 aromatic rings. The number of halogens is 2. The number of sulfonamides is 1. The summed E-state index contributed by atoms with van der Waals surface area (Å²) >= 11 is 9.70. The van der Waals surface area contributed by atoms with Gasteiger partial charge in [0.15, 0.2) is 0 Å². The molecule has 43 heavy (non-hydrogen) atoms. The molecule has 0 aromatic heterocycles. The van der Waals surface area contributed by atoms with Gasteiger partial charge >= 0.3 is 0 Å². The van der Waals surface area contributed by atoms with Crippen LogP contribution in [0.2, 0.25) is 5.02 Å². The number of hydrogen-bond acceptors (Lipinski definition) is 4. The molecule has 4 rings (SSSR count). The Labute approximate surface area is 266 Å². The second kappa shape index (κ2) is 14.7. The molecule has 0 bridgehead atoms. The third kappa shape index (κ3) is 8.46. The molecule has 0 heterocycles. The van der Waals surface area contributed by atoms with E-state index in [9.17, 15) is 18.0 Å². The number of carbonyl (C=O) groups is 2. The molecule has 1 N–H and O–H groups in total. The van der Waals surface area contributed by atoms with Crippen molar-refractivity contribution in [3.63, 3.8) is 0 Å². The topological polar surface area (TPSA) is 86.8 Å². The first-order valence-corrected chi connectivity index (χ1v) is 16.4. The molecule has 0 radical (unpaired) electrons. The third-order valence-corrected chi connectivity index (χ3v) is 9.36. The van der Waals surface area contributed by atoms with Crippen LogP contribution in [0.5, 0.6) is 0 Å². The number of nitrogens with zero attached hydrogens (tertiary/aromatic N) is 2. The summed E-state index contributed by atoms with van der Waals surface area (Å²) in [6.07, 6.45) is 0.237. The van der Waals surface area contributed by atoms with Gasteiger partial charge in [0.2, 0.25) is 11.8 Å². The molecule has 0 saturated heterocycles. The molecule has 1 atom stereocenters. The molecule has 224 valence electrons. The first-order chi connectivity index (χ1) is 20.6. The summed E-state index contributed by atoms with van der Waals surface area (Å²) in [6.45, 7) is 3.57. The molecule has 0 aliphatic rings. The highest BCUT2D eigenvalue weighted by atomic mass is 79.9. The Bertz CT molecular complexity index is 1670. The number of aryl methyl sites for hydroxylation is 1. The van der Waals surface area contributed by atoms with Gasteiger partial charge in [-0.1, -0.05) is 93.8 Å². The molecule has 4 aromatic carbocycles. The molecule has 0 saturated carbocycles. The molecule has 2 amide bonds. The van der Waals surface area contributed by atoms with Crippen molar-refractivity contribution in [1.82, 2.24) is 10.2 Å². The Morgan fingerprint density at radius 3 is 2.21 bits per heavy atom. The Hall–Kier alpha value is -3.66. The van der Waals surface area contributed by atoms with Crippen LogP contribution in [0.1, 0.15) is 23.6 Å². The van der Waals surface area contributed by atoms with E-state index < -0.39 is 28.5 Å². The number of amides is 2. The lowest BCUT2D eigenvalue weighted by Crippen LogP contribution is -2.53. The van der Waals surface area contributed by atoms with Gasteiger partial charge in [0.1, 0.15) is 12.6 Å². The van der Waals surface area contributed by atoms with E-state index in [-0.39, 0.29) is 23.8 Å². The fourth-order valence-electron chi connectivity index (χ4n) is 4.68. The Morgan fingerprint density at radius 1 is 0.884 bits per heavy atom. The van der Waals surface area contributed by atoms with Gasteiger partial charge in [-0.3, -0.25) is 13.9 Å². The summed E-state index contributed by atoms with van der Waals surface area (Å²) in [5.74, 6) is -0.875. The van der Waals surface area contributed by atoms with E-state index in [1.165, 1.54) is 17.0 Å². The van der Waals surface area contributed by atoms with Gasteiger partial charge in [-0.2, -0.15) is 0 Å². The number of nitrogens with one attached hydrogen (secondary N) is 1. The monoisotopic (exact) mass is 681 g/mol. The molecule has 0 aliphatic heterocycles. The van der Waals surface area contributed by atoms with E-state index in [1.54, 1.807) is 54.6 Å². The average molecular weight is 683 g/mol. The molecule has 0 spiro atoms. The van der Waals surface area contributed by atoms with Crippen LogP contribution >= 0.6 is 27.5 Å². The maximum absolute atomic E-state index is 14.4. The van der Waals surface area contributed by atoms with E-state index in [2.05, 4.69) is 21.2 Å². The molecule has 0 unspecified atom stereocenters. The van der Waals surface area contributed by atoms with Gasteiger partial charge < -0.3 is 10.2 Å². The highest BCUT2D eigenvalue weighted by Crippen LogP contribution is 2.27. The normalized spacial score (nSPS) is 11.9. The number of likely N-dealkylation sites (N-methyl/N-ethyl adjacent to an activating group) is 1. The maximum atomic E-state index is 14.4. The fourth-order valence-corrected chi connectivity index (χ4v) is 6.68. The standard InChI is InChI=1S/C33H33BrClN3O4S/c1-3-36-33(40)31(20-25-9-5-4-6-10-25)37(22-26-11-7-13-28(35)19-26)32(39)23-38(29-14-8-12-27(34)21-29)43(41,42)30-17-15-24(2)16-18-30/h4-19,21,31H,3,20,22-23H2,1-2H3,(H,36,40)/t31-/m1/s1. The molecule has 0 fully saturated rings. The first kappa shape index (κ1) is 32.3. The van der Waals surface area contributed by atoms with Crippen LogP contribution in [-0.4, -0.2) is 44.3 Å². The third-order valence-electron chi connectivity index (χ3n) is 6.85. The largest absolute Gasteiger partial charge is 0.355 e. The van der Waals surface area contributed by atoms with Crippen molar-refractivity contribution in [3.8, 4) is 0 Å². The lowest BCUT2D eigenvalue weighted by molar-refractivity contribution is -0.140. The Morgan fingerprint density at radius 2 is 1.56 bits per heavy atom. The van der Waals surface area contributed by atoms with Crippen LogP contribution in [-0.2, 0) is 32.6 Å². The van der Waals surface area contributed by atoms with E-state index in [1.807, 2.05) is 50.2 Å². The molecular formula is C33H33BrClN3O4S. The average Bonchev–Trinajstić information content (AvgIpc) is 2.98. The predicted molar refractivity (Wildman–Crippen MR) is 174 cm³/mol. The second-order valence-corrected chi connectivity index (χ2v) is 13.3. The van der Waals surface area contributed by atoms with Crippen LogP contribution in [0, 0.1) is 6.92 Å². The SMILES string of the molecule is CCNC(=O)[C@@H](Cc1ccccc1)N(Cc1cccc(Cl)c1)C(=O)CN(c1cccc(Br)c1)S(=O)(=O)c1ccc(C)cc1. The minimum absolute atomic E-state index is 0.0466. The van der Waals surface area contributed by atoms with E-state index in [0.29, 0.717) is 27.3 Å². The smallest absolute Gasteiger partial charge is 0.264 e. The predicted octanol–water partition coefficient (Wildman–Crippen LogP) is 6.38. The van der Waals surface area contributed by atoms with Gasteiger partial charge in [0, 0.05) is 29.0 Å². The van der Waals surface area contributed by atoms with Crippen LogP contribution < -0.4 is 9.62 Å². The summed E-state index contributed by atoms with van der Waals surface area (Å²) in [5.41, 5.74) is 2.78. The molecule has 7 nitrogen and oxygen atoms in total. The summed E-state index contributed by atoms with van der Waals surface area (Å²) < 4.78 is 29.9. The van der Waals surface area contributed by atoms with Crippen molar-refractivity contribution in [2.75, 3.05) is 17.4 Å². The minimum Gasteiger partial charge on any atom is -0.355 e. The van der Waals surface area contributed by atoms with Crippen molar-refractivity contribution >= 4 is 55.1 Å². The van der Waals surface area contributed by atoms with Gasteiger partial charge in [-0.25, -0.2) is 8.42 Å².